The standard InChI is InChI=1S/C40H33ClN4O9S/c1-17-24-12-18(41)4-11-30(24)55-34(17)27-15-31(43(3)42-27)45-36(49)26-14-25-21(33(40(26,2)39(45)53)29-10-6-20(16-46)54-29)8-9-23-32(25)37(50)44(35(23)48)19-5-7-22(38(51)52)28(47)13-19/h4-8,10-13,15,23,25-26,32-33,46-47H,9,14,16H2,1-3H3,(H,51,52)/t23-,25+,26-,32-,33+,40+/m0/s1. The lowest BCUT2D eigenvalue weighted by molar-refractivity contribution is -0.131. The van der Waals surface area contributed by atoms with Gasteiger partial charge in [-0.05, 0) is 86.0 Å². The molecular formula is C40H33ClN4O9S. The lowest BCUT2D eigenvalue weighted by Gasteiger charge is -2.48. The summed E-state index contributed by atoms with van der Waals surface area (Å²) in [6, 6.07) is 14.2. The number of hydrogen-bond acceptors (Lipinski definition) is 10. The molecule has 5 heterocycles. The summed E-state index contributed by atoms with van der Waals surface area (Å²) in [6.07, 6.45) is 2.13. The highest BCUT2D eigenvalue weighted by molar-refractivity contribution is 7.22. The molecule has 3 fully saturated rings. The monoisotopic (exact) mass is 780 g/mol. The van der Waals surface area contributed by atoms with Crippen molar-refractivity contribution in [2.75, 3.05) is 9.80 Å². The van der Waals surface area contributed by atoms with E-state index < -0.39 is 77.0 Å². The van der Waals surface area contributed by atoms with Gasteiger partial charge in [-0.15, -0.1) is 11.3 Å². The number of carboxylic acid groups (broad SMARTS) is 1. The summed E-state index contributed by atoms with van der Waals surface area (Å²) in [6.45, 7) is 3.32. The third-order valence-corrected chi connectivity index (χ3v) is 13.6. The number of halogens is 1. The van der Waals surface area contributed by atoms with E-state index in [-0.39, 0.29) is 35.7 Å². The van der Waals surface area contributed by atoms with Crippen LogP contribution in [-0.4, -0.2) is 54.7 Å². The normalized spacial score (nSPS) is 26.1. The maximum Gasteiger partial charge on any atom is 0.339 e. The number of nitrogens with zero attached hydrogens (tertiary/aromatic N) is 4. The number of fused-ring (bicyclic) bond motifs is 5. The van der Waals surface area contributed by atoms with E-state index in [1.807, 2.05) is 31.2 Å². The second kappa shape index (κ2) is 12.2. The van der Waals surface area contributed by atoms with Crippen molar-refractivity contribution in [1.82, 2.24) is 9.78 Å². The fourth-order valence-corrected chi connectivity index (χ4v) is 10.8. The quantitative estimate of drug-likeness (QED) is 0.133. The Morgan fingerprint density at radius 2 is 1.80 bits per heavy atom. The third-order valence-electron chi connectivity index (χ3n) is 12.1. The van der Waals surface area contributed by atoms with Crippen LogP contribution in [0.25, 0.3) is 20.7 Å². The summed E-state index contributed by atoms with van der Waals surface area (Å²) in [7, 11) is 1.67. The Bertz CT molecular complexity index is 2590. The van der Waals surface area contributed by atoms with Crippen molar-refractivity contribution in [2.24, 2.45) is 36.1 Å². The Morgan fingerprint density at radius 3 is 2.51 bits per heavy atom. The van der Waals surface area contributed by atoms with E-state index in [0.29, 0.717) is 22.0 Å². The third kappa shape index (κ3) is 4.87. The van der Waals surface area contributed by atoms with E-state index in [0.717, 1.165) is 37.6 Å². The SMILES string of the molecule is Cc1c(-c2cc(N3C(=O)[C@@H]4C[C@@H]5C(=CC[C@@H]6C(=O)N(c7ccc(C(=O)O)c(O)c7)C(=O)[C@@H]65)[C@H](c5ccc(CO)o5)[C@]4(C)C3=O)n(C)n2)sc2ccc(Cl)cc12. The van der Waals surface area contributed by atoms with Crippen molar-refractivity contribution in [3.05, 3.63) is 93.9 Å². The maximum absolute atomic E-state index is 15.0. The van der Waals surface area contributed by atoms with Crippen LogP contribution in [0.5, 0.6) is 5.75 Å². The van der Waals surface area contributed by atoms with Gasteiger partial charge in [-0.1, -0.05) is 23.3 Å². The molecule has 2 aromatic carbocycles. The summed E-state index contributed by atoms with van der Waals surface area (Å²) < 4.78 is 8.64. The number of benzene rings is 2. The lowest BCUT2D eigenvalue weighted by Crippen LogP contribution is -2.48. The van der Waals surface area contributed by atoms with Gasteiger partial charge in [0, 0.05) is 28.9 Å². The summed E-state index contributed by atoms with van der Waals surface area (Å²) in [5.74, 6) is -7.15. The number of aromatic hydroxyl groups is 1. The predicted octanol–water partition coefficient (Wildman–Crippen LogP) is 6.19. The van der Waals surface area contributed by atoms with E-state index in [1.165, 1.54) is 27.0 Å². The van der Waals surface area contributed by atoms with Gasteiger partial charge in [0.2, 0.25) is 23.6 Å². The van der Waals surface area contributed by atoms with Crippen LogP contribution >= 0.6 is 22.9 Å². The highest BCUT2D eigenvalue weighted by atomic mass is 35.5. The molecule has 5 aromatic rings. The van der Waals surface area contributed by atoms with Crippen molar-refractivity contribution >= 4 is 74.1 Å². The first-order valence-electron chi connectivity index (χ1n) is 17.7. The molecule has 6 atom stereocenters. The molecule has 9 rings (SSSR count). The van der Waals surface area contributed by atoms with Gasteiger partial charge in [-0.3, -0.25) is 23.9 Å². The number of carbonyl (C=O) groups is 5. The Hall–Kier alpha value is -5.57. The van der Waals surface area contributed by atoms with Crippen LogP contribution in [0.3, 0.4) is 0 Å². The predicted molar refractivity (Wildman–Crippen MR) is 201 cm³/mol. The molecule has 2 saturated heterocycles. The van der Waals surface area contributed by atoms with Gasteiger partial charge in [0.1, 0.15) is 41.0 Å². The number of hydrogen-bond donors (Lipinski definition) is 3. The molecule has 0 unspecified atom stereocenters. The van der Waals surface area contributed by atoms with Crippen molar-refractivity contribution < 1.29 is 43.7 Å². The van der Waals surface area contributed by atoms with Gasteiger partial charge >= 0.3 is 5.97 Å². The number of carboxylic acids is 1. The zero-order valence-corrected chi connectivity index (χ0v) is 31.2. The Kier molecular flexibility index (Phi) is 7.81. The molecule has 1 saturated carbocycles. The Balaban J connectivity index is 1.13. The molecule has 2 aliphatic heterocycles. The highest BCUT2D eigenvalue weighted by Gasteiger charge is 2.68. The second-order valence-corrected chi connectivity index (χ2v) is 16.3. The number of furan rings is 1. The number of imide groups is 2. The summed E-state index contributed by atoms with van der Waals surface area (Å²) >= 11 is 7.82. The van der Waals surface area contributed by atoms with Crippen molar-refractivity contribution in [1.29, 1.82) is 0 Å². The Morgan fingerprint density at radius 1 is 1.02 bits per heavy atom. The number of aliphatic hydroxyl groups is 1. The molecule has 0 bridgehead atoms. The van der Waals surface area contributed by atoms with Crippen LogP contribution in [0.2, 0.25) is 5.02 Å². The highest BCUT2D eigenvalue weighted by Crippen LogP contribution is 2.64. The van der Waals surface area contributed by atoms with Crippen LogP contribution in [0, 0.1) is 36.0 Å². The first-order chi connectivity index (χ1) is 26.2. The fourth-order valence-electron chi connectivity index (χ4n) is 9.48. The van der Waals surface area contributed by atoms with Gasteiger partial charge in [0.05, 0.1) is 39.7 Å². The summed E-state index contributed by atoms with van der Waals surface area (Å²) in [5, 5.41) is 36.1. The molecule has 0 radical (unpaired) electrons. The molecule has 4 aliphatic rings. The average molecular weight is 781 g/mol. The lowest BCUT2D eigenvalue weighted by atomic mass is 9.52. The van der Waals surface area contributed by atoms with Crippen LogP contribution in [-0.2, 0) is 32.8 Å². The largest absolute Gasteiger partial charge is 0.507 e. The molecule has 15 heteroatoms. The zero-order valence-electron chi connectivity index (χ0n) is 29.6. The molecular weight excluding hydrogens is 748 g/mol. The number of carbonyl (C=O) groups excluding carboxylic acids is 4. The van der Waals surface area contributed by atoms with E-state index in [4.69, 9.17) is 21.1 Å². The number of rotatable bonds is 6. The first kappa shape index (κ1) is 35.2. The smallest absolute Gasteiger partial charge is 0.339 e. The topological polar surface area (TPSA) is 183 Å². The minimum absolute atomic E-state index is 0.0338. The number of amides is 4. The summed E-state index contributed by atoms with van der Waals surface area (Å²) in [4.78, 5) is 72.6. The van der Waals surface area contributed by atoms with Crippen molar-refractivity contribution in [3.63, 3.8) is 0 Å². The number of aromatic carboxylic acids is 1. The van der Waals surface area contributed by atoms with Gasteiger partial charge in [0.25, 0.3) is 0 Å². The molecule has 13 nitrogen and oxygen atoms in total. The van der Waals surface area contributed by atoms with Crippen LogP contribution < -0.4 is 9.80 Å². The molecule has 3 aromatic heterocycles. The average Bonchev–Trinajstić information content (AvgIpc) is 3.94. The number of aliphatic hydroxyl groups excluding tert-OH is 1. The number of anilines is 2. The molecule has 4 amide bonds. The van der Waals surface area contributed by atoms with E-state index >= 15 is 0 Å². The summed E-state index contributed by atoms with van der Waals surface area (Å²) in [5.41, 5.74) is 0.520. The van der Waals surface area contributed by atoms with Crippen LogP contribution in [0.4, 0.5) is 11.5 Å². The zero-order chi connectivity index (χ0) is 38.8. The van der Waals surface area contributed by atoms with Crippen LogP contribution in [0.15, 0.2) is 70.7 Å². The van der Waals surface area contributed by atoms with Gasteiger partial charge in [-0.2, -0.15) is 5.10 Å². The van der Waals surface area contributed by atoms with Crippen LogP contribution in [0.1, 0.15) is 53.1 Å². The van der Waals surface area contributed by atoms with E-state index in [2.05, 4.69) is 0 Å². The fraction of sp³-hybridized carbons (Fsp3) is 0.300. The minimum atomic E-state index is -1.38. The van der Waals surface area contributed by atoms with Crippen molar-refractivity contribution in [3.8, 4) is 16.3 Å². The molecule has 0 spiro atoms. The van der Waals surface area contributed by atoms with Gasteiger partial charge < -0.3 is 19.7 Å². The van der Waals surface area contributed by atoms with Gasteiger partial charge in [0.15, 0.2) is 0 Å². The van der Waals surface area contributed by atoms with Gasteiger partial charge in [-0.25, -0.2) is 14.6 Å². The van der Waals surface area contributed by atoms with Crippen molar-refractivity contribution in [2.45, 2.75) is 39.2 Å². The number of phenols is 1. The Labute approximate surface area is 322 Å². The molecule has 55 heavy (non-hydrogen) atoms. The number of aryl methyl sites for hydroxylation is 2. The molecule has 2 aliphatic carbocycles. The number of aromatic nitrogens is 2. The number of allylic oxidation sites excluding steroid dienone is 2. The first-order valence-corrected chi connectivity index (χ1v) is 18.9. The second-order valence-electron chi connectivity index (χ2n) is 14.9. The number of thiophene rings is 1. The molecule has 3 N–H and O–H groups in total. The molecule has 280 valence electrons. The minimum Gasteiger partial charge on any atom is -0.507 e. The van der Waals surface area contributed by atoms with E-state index in [9.17, 15) is 39.3 Å². The maximum atomic E-state index is 15.0. The van der Waals surface area contributed by atoms with E-state index in [1.54, 1.807) is 32.2 Å².